The Hall–Kier alpha value is -0.810. The van der Waals surface area contributed by atoms with E-state index in [1.165, 1.54) is 25.9 Å². The lowest BCUT2D eigenvalue weighted by Gasteiger charge is -2.29. The number of likely N-dealkylation sites (tertiary alicyclic amines) is 2. The van der Waals surface area contributed by atoms with Crippen molar-refractivity contribution in [2.45, 2.75) is 44.2 Å². The van der Waals surface area contributed by atoms with Crippen molar-refractivity contribution in [2.75, 3.05) is 26.2 Å². The van der Waals surface area contributed by atoms with Gasteiger partial charge in [-0.25, -0.2) is 0 Å². The van der Waals surface area contributed by atoms with Crippen molar-refractivity contribution in [1.29, 1.82) is 0 Å². The summed E-state index contributed by atoms with van der Waals surface area (Å²) >= 11 is 0. The van der Waals surface area contributed by atoms with Crippen LogP contribution in [0, 0.1) is 0 Å². The van der Waals surface area contributed by atoms with Crippen LogP contribution < -0.4 is 5.73 Å². The molecule has 0 bridgehead atoms. The predicted octanol–water partition coefficient (Wildman–Crippen LogP) is 3.01. The fraction of sp³-hybridized carbons (Fsp3) is 0.611. The third kappa shape index (κ3) is 5.35. The Kier molecular flexibility index (Phi) is 9.06. The first-order valence-electron chi connectivity index (χ1n) is 8.56. The highest BCUT2D eigenvalue weighted by atomic mass is 35.5. The monoisotopic (exact) mass is 373 g/mol. The van der Waals surface area contributed by atoms with E-state index in [0.717, 1.165) is 31.5 Å². The number of nitrogens with zero attached hydrogens (tertiary/aromatic N) is 2. The Bertz CT molecular complexity index is 494. The molecule has 0 spiro atoms. The minimum Gasteiger partial charge on any atom is -0.338 e. The summed E-state index contributed by atoms with van der Waals surface area (Å²) in [6.07, 6.45) is 5.30. The van der Waals surface area contributed by atoms with Gasteiger partial charge in [0, 0.05) is 31.6 Å². The summed E-state index contributed by atoms with van der Waals surface area (Å²) in [5.41, 5.74) is 7.26. The van der Waals surface area contributed by atoms with Crippen LogP contribution in [0.4, 0.5) is 0 Å². The van der Waals surface area contributed by atoms with Crippen LogP contribution in [-0.4, -0.2) is 47.9 Å². The fourth-order valence-electron chi connectivity index (χ4n) is 3.74. The molecule has 4 nitrogen and oxygen atoms in total. The number of benzene rings is 1. The number of carbonyl (C=O) groups excluding carboxylic acids is 1. The first-order valence-corrected chi connectivity index (χ1v) is 8.56. The molecular weight excluding hydrogens is 345 g/mol. The van der Waals surface area contributed by atoms with Crippen LogP contribution in [0.1, 0.15) is 43.7 Å². The SMILES string of the molecule is Cl.Cl.NC(CC(=O)N1CCCC1CN1CCCC1)c1ccccc1. The number of rotatable bonds is 5. The van der Waals surface area contributed by atoms with Crippen molar-refractivity contribution in [3.63, 3.8) is 0 Å². The van der Waals surface area contributed by atoms with Crippen molar-refractivity contribution < 1.29 is 4.79 Å². The van der Waals surface area contributed by atoms with Gasteiger partial charge >= 0.3 is 0 Å². The average Bonchev–Trinajstić information content (AvgIpc) is 3.20. The summed E-state index contributed by atoms with van der Waals surface area (Å²) in [6, 6.07) is 10.1. The van der Waals surface area contributed by atoms with E-state index in [-0.39, 0.29) is 36.8 Å². The van der Waals surface area contributed by atoms with Gasteiger partial charge in [0.25, 0.3) is 0 Å². The van der Waals surface area contributed by atoms with Gasteiger partial charge in [0.15, 0.2) is 0 Å². The molecule has 2 unspecified atom stereocenters. The number of halogens is 2. The molecule has 0 aliphatic carbocycles. The standard InChI is InChI=1S/C18H27N3O.2ClH/c19-17(15-7-2-1-3-8-15)13-18(22)21-12-6-9-16(21)14-20-10-4-5-11-20;;/h1-3,7-8,16-17H,4-6,9-14,19H2;2*1H. The average molecular weight is 374 g/mol. The van der Waals surface area contributed by atoms with Gasteiger partial charge in [0.1, 0.15) is 0 Å². The van der Waals surface area contributed by atoms with Gasteiger partial charge in [-0.3, -0.25) is 4.79 Å². The van der Waals surface area contributed by atoms with Crippen LogP contribution in [0.2, 0.25) is 0 Å². The quantitative estimate of drug-likeness (QED) is 0.862. The van der Waals surface area contributed by atoms with Crippen molar-refractivity contribution in [3.8, 4) is 0 Å². The maximum absolute atomic E-state index is 12.6. The first kappa shape index (κ1) is 21.2. The molecule has 2 fully saturated rings. The summed E-state index contributed by atoms with van der Waals surface area (Å²) in [6.45, 7) is 4.34. The Morgan fingerprint density at radius 2 is 1.75 bits per heavy atom. The van der Waals surface area contributed by atoms with Crippen LogP contribution >= 0.6 is 24.8 Å². The number of hydrogen-bond donors (Lipinski definition) is 1. The summed E-state index contributed by atoms with van der Waals surface area (Å²) < 4.78 is 0. The lowest BCUT2D eigenvalue weighted by molar-refractivity contribution is -0.132. The zero-order valence-electron chi connectivity index (χ0n) is 14.1. The van der Waals surface area contributed by atoms with E-state index >= 15 is 0 Å². The zero-order valence-corrected chi connectivity index (χ0v) is 15.7. The fourth-order valence-corrected chi connectivity index (χ4v) is 3.74. The predicted molar refractivity (Wildman–Crippen MR) is 103 cm³/mol. The highest BCUT2D eigenvalue weighted by Crippen LogP contribution is 2.23. The van der Waals surface area contributed by atoms with Crippen LogP contribution in [0.3, 0.4) is 0 Å². The second kappa shape index (κ2) is 10.2. The number of nitrogens with two attached hydrogens (primary N) is 1. The maximum Gasteiger partial charge on any atom is 0.224 e. The van der Waals surface area contributed by atoms with Crippen molar-refractivity contribution in [1.82, 2.24) is 9.80 Å². The Balaban J connectivity index is 0.00000144. The number of amides is 1. The van der Waals surface area contributed by atoms with Gasteiger partial charge in [-0.15, -0.1) is 24.8 Å². The van der Waals surface area contributed by atoms with E-state index in [1.54, 1.807) is 0 Å². The lowest BCUT2D eigenvalue weighted by Crippen LogP contribution is -2.43. The smallest absolute Gasteiger partial charge is 0.224 e. The third-order valence-corrected chi connectivity index (χ3v) is 4.99. The van der Waals surface area contributed by atoms with Crippen LogP contribution in [0.5, 0.6) is 0 Å². The molecule has 2 heterocycles. The van der Waals surface area contributed by atoms with Crippen LogP contribution in [-0.2, 0) is 4.79 Å². The molecule has 2 aliphatic rings. The molecule has 136 valence electrons. The van der Waals surface area contributed by atoms with Crippen molar-refractivity contribution in [3.05, 3.63) is 35.9 Å². The number of hydrogen-bond acceptors (Lipinski definition) is 3. The summed E-state index contributed by atoms with van der Waals surface area (Å²) in [7, 11) is 0. The first-order chi connectivity index (χ1) is 10.7. The van der Waals surface area contributed by atoms with Gasteiger partial charge in [-0.05, 0) is 44.3 Å². The van der Waals surface area contributed by atoms with Gasteiger partial charge in [-0.1, -0.05) is 30.3 Å². The van der Waals surface area contributed by atoms with Gasteiger partial charge in [0.2, 0.25) is 5.91 Å². The zero-order chi connectivity index (χ0) is 15.4. The van der Waals surface area contributed by atoms with Crippen LogP contribution in [0.15, 0.2) is 30.3 Å². The number of carbonyl (C=O) groups is 1. The van der Waals surface area contributed by atoms with Crippen LogP contribution in [0.25, 0.3) is 0 Å². The normalized spacial score (nSPS) is 21.9. The molecular formula is C18H29Cl2N3O. The maximum atomic E-state index is 12.6. The van der Waals surface area contributed by atoms with E-state index < -0.39 is 0 Å². The molecule has 2 aliphatic heterocycles. The third-order valence-electron chi connectivity index (χ3n) is 4.99. The topological polar surface area (TPSA) is 49.6 Å². The molecule has 24 heavy (non-hydrogen) atoms. The molecule has 1 amide bonds. The second-order valence-corrected chi connectivity index (χ2v) is 6.61. The van der Waals surface area contributed by atoms with E-state index in [0.29, 0.717) is 12.5 Å². The minimum absolute atomic E-state index is 0. The lowest BCUT2D eigenvalue weighted by atomic mass is 10.0. The van der Waals surface area contributed by atoms with E-state index in [9.17, 15) is 4.79 Å². The molecule has 6 heteroatoms. The van der Waals surface area contributed by atoms with E-state index in [4.69, 9.17) is 5.73 Å². The van der Waals surface area contributed by atoms with Crippen molar-refractivity contribution in [2.24, 2.45) is 5.73 Å². The Labute approximate surface area is 157 Å². The second-order valence-electron chi connectivity index (χ2n) is 6.61. The summed E-state index contributed by atoms with van der Waals surface area (Å²) in [5, 5.41) is 0. The molecule has 2 atom stereocenters. The summed E-state index contributed by atoms with van der Waals surface area (Å²) in [5.74, 6) is 0.220. The van der Waals surface area contributed by atoms with E-state index in [1.807, 2.05) is 30.3 Å². The molecule has 0 radical (unpaired) electrons. The highest BCUT2D eigenvalue weighted by Gasteiger charge is 2.31. The van der Waals surface area contributed by atoms with Crippen molar-refractivity contribution >= 4 is 30.7 Å². The van der Waals surface area contributed by atoms with Gasteiger partial charge < -0.3 is 15.5 Å². The minimum atomic E-state index is -0.193. The highest BCUT2D eigenvalue weighted by molar-refractivity contribution is 5.85. The summed E-state index contributed by atoms with van der Waals surface area (Å²) in [4.78, 5) is 17.2. The molecule has 2 saturated heterocycles. The van der Waals surface area contributed by atoms with Gasteiger partial charge in [-0.2, -0.15) is 0 Å². The van der Waals surface area contributed by atoms with E-state index in [2.05, 4.69) is 9.80 Å². The molecule has 2 N–H and O–H groups in total. The molecule has 1 aromatic carbocycles. The Morgan fingerprint density at radius 3 is 2.42 bits per heavy atom. The molecule has 3 rings (SSSR count). The molecule has 1 aromatic rings. The Morgan fingerprint density at radius 1 is 1.08 bits per heavy atom. The largest absolute Gasteiger partial charge is 0.338 e. The van der Waals surface area contributed by atoms with Gasteiger partial charge in [0.05, 0.1) is 0 Å². The molecule has 0 aromatic heterocycles. The molecule has 0 saturated carbocycles.